The normalized spacial score (nSPS) is 12.8. The number of benzene rings is 1. The number of nitrogens with zero attached hydrogens (tertiary/aromatic N) is 6. The molecule has 2 N–H and O–H groups in total. The molecule has 1 unspecified atom stereocenters. The van der Waals surface area contributed by atoms with Crippen LogP contribution in [0.25, 0.3) is 0 Å². The van der Waals surface area contributed by atoms with E-state index in [0.29, 0.717) is 11.6 Å². The van der Waals surface area contributed by atoms with Gasteiger partial charge in [-0.05, 0) is 23.8 Å². The topological polar surface area (TPSA) is 85.0 Å². The van der Waals surface area contributed by atoms with Gasteiger partial charge < -0.3 is 15.2 Å². The van der Waals surface area contributed by atoms with E-state index in [2.05, 4.69) is 37.8 Å². The summed E-state index contributed by atoms with van der Waals surface area (Å²) < 4.78 is 3.97. The molecule has 0 aliphatic rings. The zero-order chi connectivity index (χ0) is 19.8. The van der Waals surface area contributed by atoms with Crippen molar-refractivity contribution in [2.24, 2.45) is 4.99 Å². The highest BCUT2D eigenvalue weighted by atomic mass is 35.5. The lowest BCUT2D eigenvalue weighted by Gasteiger charge is -2.21. The first-order chi connectivity index (χ1) is 13.7. The molecular weight excluding hydrogens is 376 g/mol. The molecule has 0 spiro atoms. The molecule has 0 radical (unpaired) electrons. The van der Waals surface area contributed by atoms with E-state index in [4.69, 9.17) is 11.6 Å². The zero-order valence-corrected chi connectivity index (χ0v) is 16.8. The Bertz CT molecular complexity index is 870. The molecule has 0 fully saturated rings. The first kappa shape index (κ1) is 19.9. The number of halogens is 1. The summed E-state index contributed by atoms with van der Waals surface area (Å²) >= 11 is 6.03. The van der Waals surface area contributed by atoms with Crippen molar-refractivity contribution >= 4 is 17.6 Å². The van der Waals surface area contributed by atoms with Crippen molar-refractivity contribution in [2.45, 2.75) is 25.9 Å². The summed E-state index contributed by atoms with van der Waals surface area (Å²) in [6.07, 6.45) is 6.35. The number of hydrogen-bond donors (Lipinski definition) is 2. The van der Waals surface area contributed by atoms with Crippen LogP contribution >= 0.6 is 11.6 Å². The van der Waals surface area contributed by atoms with Crippen LogP contribution < -0.4 is 10.6 Å². The van der Waals surface area contributed by atoms with E-state index in [1.807, 2.05) is 45.8 Å². The molecule has 0 aliphatic carbocycles. The van der Waals surface area contributed by atoms with Crippen LogP contribution in [0.15, 0.2) is 54.0 Å². The number of guanidine groups is 1. The lowest BCUT2D eigenvalue weighted by molar-refractivity contribution is 0.509. The quantitative estimate of drug-likeness (QED) is 0.447. The molecule has 148 valence electrons. The standard InChI is InChI=1S/C19H25ClN8/c1-3-18-26-24-14-27(18)12-10-22-19(21-2)23-13-17(28-11-4-9-25-28)15-5-7-16(20)8-6-15/h4-9,11,14,17H,3,10,12-13H2,1-2H3,(H2,21,22,23). The van der Waals surface area contributed by atoms with Crippen molar-refractivity contribution in [3.63, 3.8) is 0 Å². The van der Waals surface area contributed by atoms with Crippen LogP contribution in [0, 0.1) is 0 Å². The third-order valence-electron chi connectivity index (χ3n) is 4.44. The van der Waals surface area contributed by atoms with Crippen LogP contribution in [0.4, 0.5) is 0 Å². The second-order valence-electron chi connectivity index (χ2n) is 6.23. The van der Waals surface area contributed by atoms with E-state index < -0.39 is 0 Å². The highest BCUT2D eigenvalue weighted by molar-refractivity contribution is 6.30. The molecule has 0 saturated carbocycles. The Balaban J connectivity index is 1.59. The van der Waals surface area contributed by atoms with Gasteiger partial charge in [0.2, 0.25) is 0 Å². The monoisotopic (exact) mass is 400 g/mol. The molecule has 3 aromatic rings. The number of aliphatic imine (C=N–C) groups is 1. The fourth-order valence-electron chi connectivity index (χ4n) is 2.96. The SMILES string of the molecule is CCc1nncn1CCNC(=NC)NCC(c1ccc(Cl)cc1)n1cccn1. The van der Waals surface area contributed by atoms with Gasteiger partial charge in [-0.15, -0.1) is 10.2 Å². The van der Waals surface area contributed by atoms with Gasteiger partial charge in [0, 0.05) is 50.5 Å². The zero-order valence-electron chi connectivity index (χ0n) is 16.1. The van der Waals surface area contributed by atoms with E-state index in [9.17, 15) is 0 Å². The van der Waals surface area contributed by atoms with E-state index in [0.717, 1.165) is 36.9 Å². The van der Waals surface area contributed by atoms with Crippen molar-refractivity contribution in [3.05, 3.63) is 65.5 Å². The van der Waals surface area contributed by atoms with Crippen LogP contribution in [-0.2, 0) is 13.0 Å². The molecule has 0 bridgehead atoms. The molecule has 1 aromatic carbocycles. The molecule has 2 heterocycles. The van der Waals surface area contributed by atoms with Gasteiger partial charge in [0.15, 0.2) is 5.96 Å². The third kappa shape index (κ3) is 5.10. The van der Waals surface area contributed by atoms with E-state index >= 15 is 0 Å². The summed E-state index contributed by atoms with van der Waals surface area (Å²) in [6.45, 7) is 4.20. The second kappa shape index (κ2) is 9.89. The van der Waals surface area contributed by atoms with Gasteiger partial charge in [-0.25, -0.2) is 0 Å². The van der Waals surface area contributed by atoms with Crippen molar-refractivity contribution in [1.82, 2.24) is 35.2 Å². The first-order valence-corrected chi connectivity index (χ1v) is 9.64. The van der Waals surface area contributed by atoms with E-state index in [1.54, 1.807) is 19.6 Å². The molecule has 2 aromatic heterocycles. The van der Waals surface area contributed by atoms with Crippen molar-refractivity contribution in [1.29, 1.82) is 0 Å². The van der Waals surface area contributed by atoms with Crippen molar-refractivity contribution in [2.75, 3.05) is 20.1 Å². The largest absolute Gasteiger partial charge is 0.355 e. The minimum absolute atomic E-state index is 0.0235. The molecule has 8 nitrogen and oxygen atoms in total. The van der Waals surface area contributed by atoms with Gasteiger partial charge in [0.25, 0.3) is 0 Å². The Labute approximate surface area is 169 Å². The predicted molar refractivity (Wildman–Crippen MR) is 111 cm³/mol. The summed E-state index contributed by atoms with van der Waals surface area (Å²) in [5.41, 5.74) is 1.12. The molecule has 0 saturated heterocycles. The Hall–Kier alpha value is -2.87. The Morgan fingerprint density at radius 1 is 1.25 bits per heavy atom. The predicted octanol–water partition coefficient (Wildman–Crippen LogP) is 2.15. The minimum atomic E-state index is 0.0235. The number of nitrogens with one attached hydrogen (secondary N) is 2. The molecule has 28 heavy (non-hydrogen) atoms. The van der Waals surface area contributed by atoms with Gasteiger partial charge in [-0.2, -0.15) is 5.10 Å². The van der Waals surface area contributed by atoms with E-state index in [1.165, 1.54) is 0 Å². The number of aromatic nitrogens is 5. The average Bonchev–Trinajstić information content (AvgIpc) is 3.40. The molecule has 3 rings (SSSR count). The Kier molecular flexibility index (Phi) is 7.02. The third-order valence-corrected chi connectivity index (χ3v) is 4.69. The Morgan fingerprint density at radius 3 is 2.75 bits per heavy atom. The summed E-state index contributed by atoms with van der Waals surface area (Å²) in [7, 11) is 1.76. The van der Waals surface area contributed by atoms with Crippen molar-refractivity contribution < 1.29 is 0 Å². The summed E-state index contributed by atoms with van der Waals surface area (Å²) in [5, 5.41) is 19.9. The van der Waals surface area contributed by atoms with Crippen LogP contribution in [0.5, 0.6) is 0 Å². The van der Waals surface area contributed by atoms with Gasteiger partial charge in [-0.3, -0.25) is 9.67 Å². The lowest BCUT2D eigenvalue weighted by atomic mass is 10.1. The smallest absolute Gasteiger partial charge is 0.191 e. The maximum Gasteiger partial charge on any atom is 0.191 e. The summed E-state index contributed by atoms with van der Waals surface area (Å²) in [5.74, 6) is 1.71. The van der Waals surface area contributed by atoms with Crippen LogP contribution in [0.1, 0.15) is 24.4 Å². The highest BCUT2D eigenvalue weighted by Crippen LogP contribution is 2.19. The molecule has 0 amide bonds. The van der Waals surface area contributed by atoms with Gasteiger partial charge in [-0.1, -0.05) is 30.7 Å². The number of aryl methyl sites for hydroxylation is 1. The van der Waals surface area contributed by atoms with Gasteiger partial charge in [0.1, 0.15) is 12.2 Å². The summed E-state index contributed by atoms with van der Waals surface area (Å²) in [6, 6.07) is 9.77. The first-order valence-electron chi connectivity index (χ1n) is 9.27. The molecule has 0 aliphatic heterocycles. The van der Waals surface area contributed by atoms with Crippen LogP contribution in [-0.4, -0.2) is 50.6 Å². The van der Waals surface area contributed by atoms with E-state index in [-0.39, 0.29) is 6.04 Å². The second-order valence-corrected chi connectivity index (χ2v) is 6.66. The Morgan fingerprint density at radius 2 is 2.07 bits per heavy atom. The summed E-state index contributed by atoms with van der Waals surface area (Å²) in [4.78, 5) is 4.31. The minimum Gasteiger partial charge on any atom is -0.355 e. The number of hydrogen-bond acceptors (Lipinski definition) is 4. The van der Waals surface area contributed by atoms with Crippen LogP contribution in [0.3, 0.4) is 0 Å². The van der Waals surface area contributed by atoms with Crippen molar-refractivity contribution in [3.8, 4) is 0 Å². The van der Waals surface area contributed by atoms with Crippen LogP contribution in [0.2, 0.25) is 5.02 Å². The van der Waals surface area contributed by atoms with Gasteiger partial charge >= 0.3 is 0 Å². The highest BCUT2D eigenvalue weighted by Gasteiger charge is 2.15. The molecule has 9 heteroatoms. The fourth-order valence-corrected chi connectivity index (χ4v) is 3.09. The lowest BCUT2D eigenvalue weighted by Crippen LogP contribution is -2.41. The fraction of sp³-hybridized carbons (Fsp3) is 0.368. The average molecular weight is 401 g/mol. The number of rotatable bonds is 8. The molecule has 1 atom stereocenters. The van der Waals surface area contributed by atoms with Gasteiger partial charge in [0.05, 0.1) is 6.04 Å². The molecular formula is C19H25ClN8. The maximum atomic E-state index is 6.03. The maximum absolute atomic E-state index is 6.03.